The number of esters is 2. The Balaban J connectivity index is 2.57. The minimum Gasteiger partial charge on any atom is -0.465 e. The van der Waals surface area contributed by atoms with Gasteiger partial charge in [-0.25, -0.2) is 14.4 Å². The number of rotatable bonds is 2. The summed E-state index contributed by atoms with van der Waals surface area (Å²) in [5.74, 6) is -1.60. The first kappa shape index (κ1) is 13.8. The second kappa shape index (κ2) is 4.99. The number of aromatic amines is 1. The van der Waals surface area contributed by atoms with Crippen LogP contribution in [0.2, 0.25) is 0 Å². The highest BCUT2D eigenvalue weighted by Crippen LogP contribution is 2.23. The van der Waals surface area contributed by atoms with Crippen molar-refractivity contribution in [3.8, 4) is 0 Å². The van der Waals surface area contributed by atoms with E-state index in [1.54, 1.807) is 24.3 Å². The molecule has 1 N–H and O–H groups in total. The van der Waals surface area contributed by atoms with Crippen LogP contribution in [0.25, 0.3) is 16.4 Å². The molecule has 2 aromatic heterocycles. The first-order chi connectivity index (χ1) is 10.6. The number of H-pyrrole nitrogens is 1. The van der Waals surface area contributed by atoms with Gasteiger partial charge in [-0.05, 0) is 6.07 Å². The molecule has 0 aliphatic heterocycles. The third kappa shape index (κ3) is 1.85. The van der Waals surface area contributed by atoms with Crippen LogP contribution in [-0.4, -0.2) is 40.8 Å². The average Bonchev–Trinajstić information content (AvgIpc) is 2.95. The van der Waals surface area contributed by atoms with Crippen LogP contribution in [0.4, 0.5) is 0 Å². The van der Waals surface area contributed by atoms with Gasteiger partial charge in [-0.3, -0.25) is 0 Å². The van der Waals surface area contributed by atoms with Gasteiger partial charge in [0.1, 0.15) is 5.56 Å². The molecule has 0 bridgehead atoms. The lowest BCUT2D eigenvalue weighted by Gasteiger charge is -2.02. The van der Waals surface area contributed by atoms with Crippen molar-refractivity contribution in [2.24, 2.45) is 0 Å². The zero-order valence-electron chi connectivity index (χ0n) is 11.7. The van der Waals surface area contributed by atoms with Gasteiger partial charge in [0.25, 0.3) is 0 Å². The fraction of sp³-hybridized carbons (Fsp3) is 0.143. The second-order valence-corrected chi connectivity index (χ2v) is 4.44. The van der Waals surface area contributed by atoms with Gasteiger partial charge in [0.15, 0.2) is 5.69 Å². The van der Waals surface area contributed by atoms with Crippen molar-refractivity contribution in [3.63, 3.8) is 0 Å². The first-order valence-electron chi connectivity index (χ1n) is 6.29. The Labute approximate surface area is 123 Å². The molecule has 0 aliphatic rings. The van der Waals surface area contributed by atoms with Gasteiger partial charge in [-0.1, -0.05) is 18.2 Å². The second-order valence-electron chi connectivity index (χ2n) is 4.44. The summed E-state index contributed by atoms with van der Waals surface area (Å²) in [5.41, 5.74) is -0.227. The van der Waals surface area contributed by atoms with E-state index in [4.69, 9.17) is 4.74 Å². The van der Waals surface area contributed by atoms with E-state index < -0.39 is 17.6 Å². The third-order valence-corrected chi connectivity index (χ3v) is 3.27. The Morgan fingerprint density at radius 3 is 2.50 bits per heavy atom. The molecule has 8 heteroatoms. The topological polar surface area (TPSA) is 103 Å². The highest BCUT2D eigenvalue weighted by atomic mass is 16.5. The Kier molecular flexibility index (Phi) is 3.13. The number of nitrogens with zero attached hydrogens (tertiary/aromatic N) is 2. The molecule has 3 rings (SSSR count). The number of ether oxygens (including phenoxy) is 2. The number of hydrogen-bond donors (Lipinski definition) is 1. The standard InChI is InChI=1S/C14H11N3O5/c1-21-12(18)9-10(13(19)22-2)16-17-11(9)7-5-3-4-6-8(7)15-14(17)20/h3-6H,1-2H3,(H,15,20). The molecule has 0 unspecified atom stereocenters. The van der Waals surface area contributed by atoms with E-state index in [0.29, 0.717) is 10.9 Å². The number of carbonyl (C=O) groups is 2. The molecule has 22 heavy (non-hydrogen) atoms. The van der Waals surface area contributed by atoms with Gasteiger partial charge in [0.2, 0.25) is 0 Å². The normalized spacial score (nSPS) is 10.8. The van der Waals surface area contributed by atoms with E-state index in [2.05, 4.69) is 14.8 Å². The number of fused-ring (bicyclic) bond motifs is 3. The minimum atomic E-state index is -0.826. The van der Waals surface area contributed by atoms with Crippen LogP contribution >= 0.6 is 0 Å². The van der Waals surface area contributed by atoms with Crippen molar-refractivity contribution in [2.75, 3.05) is 14.2 Å². The lowest BCUT2D eigenvalue weighted by atomic mass is 10.1. The Morgan fingerprint density at radius 1 is 1.14 bits per heavy atom. The van der Waals surface area contributed by atoms with E-state index in [-0.39, 0.29) is 16.8 Å². The van der Waals surface area contributed by atoms with Crippen molar-refractivity contribution in [1.82, 2.24) is 14.6 Å². The number of hydrogen-bond acceptors (Lipinski definition) is 6. The van der Waals surface area contributed by atoms with E-state index in [1.165, 1.54) is 7.11 Å². The van der Waals surface area contributed by atoms with Crippen molar-refractivity contribution in [2.45, 2.75) is 0 Å². The summed E-state index contributed by atoms with van der Waals surface area (Å²) in [7, 11) is 2.35. The SMILES string of the molecule is COC(=O)c1nn2c(=O)[nH]c3ccccc3c2c1C(=O)OC. The van der Waals surface area contributed by atoms with Crippen LogP contribution in [0.1, 0.15) is 20.8 Å². The summed E-state index contributed by atoms with van der Waals surface area (Å²) >= 11 is 0. The van der Waals surface area contributed by atoms with Crippen molar-refractivity contribution in [1.29, 1.82) is 0 Å². The highest BCUT2D eigenvalue weighted by molar-refractivity contribution is 6.12. The first-order valence-corrected chi connectivity index (χ1v) is 6.29. The van der Waals surface area contributed by atoms with Gasteiger partial charge in [0, 0.05) is 5.39 Å². The maximum absolute atomic E-state index is 12.1. The van der Waals surface area contributed by atoms with Gasteiger partial charge in [-0.2, -0.15) is 9.61 Å². The maximum Gasteiger partial charge on any atom is 0.359 e. The molecule has 0 aliphatic carbocycles. The van der Waals surface area contributed by atoms with Crippen LogP contribution in [0.3, 0.4) is 0 Å². The number of para-hydroxylation sites is 1. The fourth-order valence-corrected chi connectivity index (χ4v) is 2.32. The summed E-state index contributed by atoms with van der Waals surface area (Å²) in [5, 5.41) is 4.46. The number of carbonyl (C=O) groups excluding carboxylic acids is 2. The van der Waals surface area contributed by atoms with Crippen LogP contribution in [0.5, 0.6) is 0 Å². The number of nitrogens with one attached hydrogen (secondary N) is 1. The van der Waals surface area contributed by atoms with Gasteiger partial charge < -0.3 is 14.5 Å². The molecule has 1 aromatic carbocycles. The molecule has 112 valence electrons. The lowest BCUT2D eigenvalue weighted by Crippen LogP contribution is -2.18. The predicted octanol–water partition coefficient (Wildman–Crippen LogP) is 0.749. The zero-order chi connectivity index (χ0) is 15.9. The van der Waals surface area contributed by atoms with Crippen LogP contribution in [-0.2, 0) is 9.47 Å². The molecular formula is C14H11N3O5. The number of methoxy groups -OCH3 is 2. The van der Waals surface area contributed by atoms with Crippen molar-refractivity contribution >= 4 is 28.4 Å². The number of aromatic nitrogens is 3. The summed E-state index contributed by atoms with van der Waals surface area (Å²) in [6, 6.07) is 6.87. The predicted molar refractivity (Wildman–Crippen MR) is 76.0 cm³/mol. The molecular weight excluding hydrogens is 290 g/mol. The van der Waals surface area contributed by atoms with Crippen LogP contribution in [0.15, 0.2) is 29.1 Å². The van der Waals surface area contributed by atoms with E-state index in [0.717, 1.165) is 11.6 Å². The van der Waals surface area contributed by atoms with Crippen LogP contribution < -0.4 is 5.69 Å². The van der Waals surface area contributed by atoms with Crippen LogP contribution in [0, 0.1) is 0 Å². The van der Waals surface area contributed by atoms with E-state index in [1.807, 2.05) is 0 Å². The van der Waals surface area contributed by atoms with Gasteiger partial charge in [0.05, 0.1) is 25.3 Å². The smallest absolute Gasteiger partial charge is 0.359 e. The summed E-state index contributed by atoms with van der Waals surface area (Å²) < 4.78 is 10.3. The zero-order valence-corrected chi connectivity index (χ0v) is 11.7. The fourth-order valence-electron chi connectivity index (χ4n) is 2.32. The third-order valence-electron chi connectivity index (χ3n) is 3.27. The molecule has 2 heterocycles. The van der Waals surface area contributed by atoms with Crippen molar-refractivity contribution < 1.29 is 19.1 Å². The molecule has 0 radical (unpaired) electrons. The summed E-state index contributed by atoms with van der Waals surface area (Å²) in [6.45, 7) is 0. The molecule has 0 amide bonds. The quantitative estimate of drug-likeness (QED) is 0.701. The maximum atomic E-state index is 12.1. The summed E-state index contributed by atoms with van der Waals surface area (Å²) in [6.07, 6.45) is 0. The minimum absolute atomic E-state index is 0.100. The Bertz CT molecular complexity index is 970. The molecule has 0 fully saturated rings. The molecule has 8 nitrogen and oxygen atoms in total. The lowest BCUT2D eigenvalue weighted by molar-refractivity contribution is 0.0553. The van der Waals surface area contributed by atoms with E-state index in [9.17, 15) is 14.4 Å². The largest absolute Gasteiger partial charge is 0.465 e. The van der Waals surface area contributed by atoms with Crippen molar-refractivity contribution in [3.05, 3.63) is 46.0 Å². The Morgan fingerprint density at radius 2 is 1.82 bits per heavy atom. The number of benzene rings is 1. The highest BCUT2D eigenvalue weighted by Gasteiger charge is 2.28. The summed E-state index contributed by atoms with van der Waals surface area (Å²) in [4.78, 5) is 38.7. The monoisotopic (exact) mass is 301 g/mol. The molecule has 0 atom stereocenters. The van der Waals surface area contributed by atoms with Gasteiger partial charge in [-0.15, -0.1) is 0 Å². The molecule has 0 saturated carbocycles. The van der Waals surface area contributed by atoms with E-state index >= 15 is 0 Å². The Hall–Kier alpha value is -3.16. The van der Waals surface area contributed by atoms with Gasteiger partial charge >= 0.3 is 17.6 Å². The molecule has 0 spiro atoms. The molecule has 3 aromatic rings. The average molecular weight is 301 g/mol. The molecule has 0 saturated heterocycles.